The van der Waals surface area contributed by atoms with Gasteiger partial charge in [0.1, 0.15) is 11.5 Å². The van der Waals surface area contributed by atoms with Gasteiger partial charge in [-0.05, 0) is 41.9 Å². The molecule has 0 unspecified atom stereocenters. The van der Waals surface area contributed by atoms with Crippen molar-refractivity contribution >= 4 is 27.7 Å². The third-order valence-electron chi connectivity index (χ3n) is 2.16. The van der Waals surface area contributed by atoms with Crippen LogP contribution >= 0.6 is 15.9 Å². The second kappa shape index (κ2) is 5.30. The van der Waals surface area contributed by atoms with Crippen LogP contribution in [0.4, 0.5) is 5.82 Å². The van der Waals surface area contributed by atoms with Crippen LogP contribution in [0.2, 0.25) is 0 Å². The summed E-state index contributed by atoms with van der Waals surface area (Å²) in [6.45, 7) is 4.03. The molecule has 0 amide bonds. The Bertz CT molecular complexity index is 565. The van der Waals surface area contributed by atoms with Gasteiger partial charge in [0, 0.05) is 12.2 Å². The zero-order chi connectivity index (χ0) is 13.1. The highest BCUT2D eigenvalue weighted by Gasteiger charge is 2.11. The molecule has 2 aromatic heterocycles. The van der Waals surface area contributed by atoms with E-state index in [1.54, 1.807) is 24.5 Å². The zero-order valence-corrected chi connectivity index (χ0v) is 11.7. The van der Waals surface area contributed by atoms with Crippen molar-refractivity contribution in [3.05, 3.63) is 40.8 Å². The Kier molecular flexibility index (Phi) is 3.76. The quantitative estimate of drug-likeness (QED) is 0.946. The Morgan fingerprint density at radius 1 is 1.44 bits per heavy atom. The highest BCUT2D eigenvalue weighted by Crippen LogP contribution is 2.10. The SMILES string of the molecule is CC(C)Nc1cccc(C(=O)n2cc(Br)cn2)n1. The summed E-state index contributed by atoms with van der Waals surface area (Å²) < 4.78 is 2.01. The van der Waals surface area contributed by atoms with E-state index < -0.39 is 0 Å². The van der Waals surface area contributed by atoms with Crippen LogP contribution in [0.5, 0.6) is 0 Å². The molecule has 0 radical (unpaired) electrons. The average molecular weight is 309 g/mol. The lowest BCUT2D eigenvalue weighted by Gasteiger charge is -2.09. The van der Waals surface area contributed by atoms with Crippen LogP contribution in [0.25, 0.3) is 0 Å². The van der Waals surface area contributed by atoms with Crippen LogP contribution in [0.1, 0.15) is 24.3 Å². The fraction of sp³-hybridized carbons (Fsp3) is 0.250. The first-order valence-electron chi connectivity index (χ1n) is 5.55. The van der Waals surface area contributed by atoms with Crippen molar-refractivity contribution in [2.45, 2.75) is 19.9 Å². The molecule has 0 aliphatic carbocycles. The molecule has 94 valence electrons. The van der Waals surface area contributed by atoms with Gasteiger partial charge in [-0.2, -0.15) is 5.10 Å². The normalized spacial score (nSPS) is 10.7. The molecule has 0 fully saturated rings. The van der Waals surface area contributed by atoms with Gasteiger partial charge in [-0.1, -0.05) is 6.07 Å². The van der Waals surface area contributed by atoms with E-state index in [9.17, 15) is 4.79 Å². The molecule has 0 saturated carbocycles. The van der Waals surface area contributed by atoms with Gasteiger partial charge in [0.2, 0.25) is 0 Å². The van der Waals surface area contributed by atoms with E-state index in [4.69, 9.17) is 0 Å². The van der Waals surface area contributed by atoms with Gasteiger partial charge in [0.25, 0.3) is 5.91 Å². The van der Waals surface area contributed by atoms with Gasteiger partial charge < -0.3 is 5.32 Å². The van der Waals surface area contributed by atoms with Crippen molar-refractivity contribution in [1.29, 1.82) is 0 Å². The van der Waals surface area contributed by atoms with Gasteiger partial charge in [0.15, 0.2) is 0 Å². The molecular weight excluding hydrogens is 296 g/mol. The second-order valence-corrected chi connectivity index (χ2v) is 5.03. The highest BCUT2D eigenvalue weighted by atomic mass is 79.9. The minimum atomic E-state index is -0.256. The maximum atomic E-state index is 12.1. The lowest BCUT2D eigenvalue weighted by atomic mass is 10.3. The van der Waals surface area contributed by atoms with Crippen molar-refractivity contribution in [2.24, 2.45) is 0 Å². The lowest BCUT2D eigenvalue weighted by Crippen LogP contribution is -2.16. The number of carbonyl (C=O) groups excluding carboxylic acids is 1. The maximum absolute atomic E-state index is 12.1. The molecule has 6 heteroatoms. The largest absolute Gasteiger partial charge is 0.368 e. The van der Waals surface area contributed by atoms with E-state index in [2.05, 4.69) is 31.3 Å². The second-order valence-electron chi connectivity index (χ2n) is 4.12. The number of hydrogen-bond acceptors (Lipinski definition) is 4. The van der Waals surface area contributed by atoms with Gasteiger partial charge in [-0.15, -0.1) is 0 Å². The predicted molar refractivity (Wildman–Crippen MR) is 72.7 cm³/mol. The summed E-state index contributed by atoms with van der Waals surface area (Å²) in [7, 11) is 0. The Labute approximate surface area is 113 Å². The third-order valence-corrected chi connectivity index (χ3v) is 2.57. The molecule has 0 aliphatic rings. The third kappa shape index (κ3) is 2.95. The van der Waals surface area contributed by atoms with Crippen LogP contribution in [-0.2, 0) is 0 Å². The van der Waals surface area contributed by atoms with Gasteiger partial charge in [0.05, 0.1) is 10.7 Å². The fourth-order valence-electron chi connectivity index (χ4n) is 1.46. The van der Waals surface area contributed by atoms with E-state index in [0.29, 0.717) is 11.5 Å². The maximum Gasteiger partial charge on any atom is 0.296 e. The Balaban J connectivity index is 2.25. The molecule has 5 nitrogen and oxygen atoms in total. The van der Waals surface area contributed by atoms with Crippen LogP contribution in [0, 0.1) is 0 Å². The molecule has 2 rings (SSSR count). The number of halogens is 1. The summed E-state index contributed by atoms with van der Waals surface area (Å²) in [5.41, 5.74) is 0.358. The number of aromatic nitrogens is 3. The molecule has 18 heavy (non-hydrogen) atoms. The highest BCUT2D eigenvalue weighted by molar-refractivity contribution is 9.10. The van der Waals surface area contributed by atoms with Crippen molar-refractivity contribution in [1.82, 2.24) is 14.8 Å². The molecule has 2 aromatic rings. The molecular formula is C12H13BrN4O. The van der Waals surface area contributed by atoms with Gasteiger partial charge in [-0.3, -0.25) is 4.79 Å². The van der Waals surface area contributed by atoms with E-state index >= 15 is 0 Å². The lowest BCUT2D eigenvalue weighted by molar-refractivity contribution is 0.0940. The zero-order valence-electron chi connectivity index (χ0n) is 10.1. The number of nitrogens with zero attached hydrogens (tertiary/aromatic N) is 3. The summed E-state index contributed by atoms with van der Waals surface area (Å²) in [5, 5.41) is 7.10. The van der Waals surface area contributed by atoms with Crippen LogP contribution in [-0.4, -0.2) is 26.7 Å². The summed E-state index contributed by atoms with van der Waals surface area (Å²) in [4.78, 5) is 16.3. The van der Waals surface area contributed by atoms with Crippen molar-refractivity contribution < 1.29 is 4.79 Å². The van der Waals surface area contributed by atoms with E-state index in [-0.39, 0.29) is 11.9 Å². The Morgan fingerprint density at radius 3 is 2.83 bits per heavy atom. The van der Waals surface area contributed by atoms with E-state index in [1.165, 1.54) is 4.68 Å². The Hall–Kier alpha value is -1.69. The van der Waals surface area contributed by atoms with Crippen LogP contribution in [0.3, 0.4) is 0 Å². The Morgan fingerprint density at radius 2 is 2.22 bits per heavy atom. The first-order chi connectivity index (χ1) is 8.56. The minimum absolute atomic E-state index is 0.256. The molecule has 0 bridgehead atoms. The standard InChI is InChI=1S/C12H13BrN4O/c1-8(2)15-11-5-3-4-10(16-11)12(18)17-7-9(13)6-14-17/h3-8H,1-2H3,(H,15,16). The summed E-state index contributed by atoms with van der Waals surface area (Å²) in [6.07, 6.45) is 3.17. The number of hydrogen-bond donors (Lipinski definition) is 1. The van der Waals surface area contributed by atoms with Gasteiger partial charge >= 0.3 is 0 Å². The first kappa shape index (κ1) is 12.8. The monoisotopic (exact) mass is 308 g/mol. The molecule has 0 spiro atoms. The van der Waals surface area contributed by atoms with Crippen molar-refractivity contribution in [3.63, 3.8) is 0 Å². The van der Waals surface area contributed by atoms with E-state index in [1.807, 2.05) is 19.9 Å². The number of anilines is 1. The molecule has 0 aromatic carbocycles. The molecule has 0 atom stereocenters. The smallest absolute Gasteiger partial charge is 0.296 e. The molecule has 0 saturated heterocycles. The number of pyridine rings is 1. The summed E-state index contributed by atoms with van der Waals surface area (Å²) in [6, 6.07) is 5.56. The van der Waals surface area contributed by atoms with Gasteiger partial charge in [-0.25, -0.2) is 9.67 Å². The molecule has 0 aliphatic heterocycles. The summed E-state index contributed by atoms with van der Waals surface area (Å²) in [5.74, 6) is 0.426. The van der Waals surface area contributed by atoms with E-state index in [0.717, 1.165) is 4.47 Å². The fourth-order valence-corrected chi connectivity index (χ4v) is 1.74. The predicted octanol–water partition coefficient (Wildman–Crippen LogP) is 2.55. The summed E-state index contributed by atoms with van der Waals surface area (Å²) >= 11 is 3.25. The minimum Gasteiger partial charge on any atom is -0.368 e. The van der Waals surface area contributed by atoms with Crippen LogP contribution in [0.15, 0.2) is 35.1 Å². The number of nitrogens with one attached hydrogen (secondary N) is 1. The number of carbonyl (C=O) groups is 1. The van der Waals surface area contributed by atoms with Crippen molar-refractivity contribution in [3.8, 4) is 0 Å². The first-order valence-corrected chi connectivity index (χ1v) is 6.34. The molecule has 2 heterocycles. The van der Waals surface area contributed by atoms with Crippen molar-refractivity contribution in [2.75, 3.05) is 5.32 Å². The topological polar surface area (TPSA) is 59.8 Å². The molecule has 1 N–H and O–H groups in total. The average Bonchev–Trinajstić information content (AvgIpc) is 2.74. The number of rotatable bonds is 3. The van der Waals surface area contributed by atoms with Crippen LogP contribution < -0.4 is 5.32 Å².